The van der Waals surface area contributed by atoms with Crippen molar-refractivity contribution in [2.45, 2.75) is 68.7 Å². The molecule has 134 valence electrons. The van der Waals surface area contributed by atoms with Crippen LogP contribution in [0.5, 0.6) is 0 Å². The van der Waals surface area contributed by atoms with Gasteiger partial charge >= 0.3 is 11.9 Å². The van der Waals surface area contributed by atoms with E-state index in [2.05, 4.69) is 6.58 Å². The van der Waals surface area contributed by atoms with E-state index in [4.69, 9.17) is 9.47 Å². The standard InChI is InChI=1S/C18H26O6/c1-3-14(19)23-6-4-5-15(20)24-18-9-13-7-16(21,11-18)10-17(22,8-13)12(18)2/h3,12-13,21-22H,1,4-11H2,2H3. The average molecular weight is 338 g/mol. The van der Waals surface area contributed by atoms with E-state index in [9.17, 15) is 19.8 Å². The molecule has 0 saturated heterocycles. The summed E-state index contributed by atoms with van der Waals surface area (Å²) in [5, 5.41) is 21.6. The second-order valence-electron chi connectivity index (χ2n) is 7.90. The predicted molar refractivity (Wildman–Crippen MR) is 84.9 cm³/mol. The molecule has 4 fully saturated rings. The van der Waals surface area contributed by atoms with Crippen LogP contribution in [0.1, 0.15) is 51.9 Å². The van der Waals surface area contributed by atoms with Crippen molar-refractivity contribution in [3.63, 3.8) is 0 Å². The molecule has 6 nitrogen and oxygen atoms in total. The van der Waals surface area contributed by atoms with E-state index in [1.165, 1.54) is 0 Å². The van der Waals surface area contributed by atoms with E-state index in [1.807, 2.05) is 6.92 Å². The first-order valence-electron chi connectivity index (χ1n) is 8.66. The van der Waals surface area contributed by atoms with E-state index in [0.29, 0.717) is 38.5 Å². The number of rotatable bonds is 6. The molecule has 6 heteroatoms. The Hall–Kier alpha value is -1.40. The van der Waals surface area contributed by atoms with E-state index in [-0.39, 0.29) is 30.8 Å². The molecule has 4 rings (SSSR count). The van der Waals surface area contributed by atoms with Gasteiger partial charge in [-0.05, 0) is 31.6 Å². The highest BCUT2D eigenvalue weighted by Gasteiger charge is 2.68. The second kappa shape index (κ2) is 5.85. The number of carbonyl (C=O) groups excluding carboxylic acids is 2. The van der Waals surface area contributed by atoms with Gasteiger partial charge in [-0.2, -0.15) is 0 Å². The molecule has 0 aromatic rings. The van der Waals surface area contributed by atoms with Crippen LogP contribution >= 0.6 is 0 Å². The summed E-state index contributed by atoms with van der Waals surface area (Å²) in [7, 11) is 0. The number of carbonyl (C=O) groups is 2. The zero-order valence-electron chi connectivity index (χ0n) is 14.1. The third kappa shape index (κ3) is 2.97. The molecule has 24 heavy (non-hydrogen) atoms. The van der Waals surface area contributed by atoms with Crippen LogP contribution in [0.4, 0.5) is 0 Å². The number of aliphatic hydroxyl groups is 2. The molecule has 4 bridgehead atoms. The molecule has 5 atom stereocenters. The first kappa shape index (κ1) is 17.4. The molecule has 5 unspecified atom stereocenters. The van der Waals surface area contributed by atoms with Crippen molar-refractivity contribution in [2.75, 3.05) is 6.61 Å². The Balaban J connectivity index is 1.60. The van der Waals surface area contributed by atoms with Crippen molar-refractivity contribution < 1.29 is 29.3 Å². The largest absolute Gasteiger partial charge is 0.463 e. The lowest BCUT2D eigenvalue weighted by Gasteiger charge is -2.65. The highest BCUT2D eigenvalue weighted by Crippen LogP contribution is 2.63. The quantitative estimate of drug-likeness (QED) is 0.433. The summed E-state index contributed by atoms with van der Waals surface area (Å²) in [5.74, 6) is -0.877. The molecule has 0 spiro atoms. The van der Waals surface area contributed by atoms with E-state index < -0.39 is 22.8 Å². The summed E-state index contributed by atoms with van der Waals surface area (Å²) in [4.78, 5) is 23.2. The number of hydrogen-bond acceptors (Lipinski definition) is 6. The minimum absolute atomic E-state index is 0.138. The minimum Gasteiger partial charge on any atom is -0.463 e. The fourth-order valence-corrected chi connectivity index (χ4v) is 5.26. The van der Waals surface area contributed by atoms with Gasteiger partial charge in [0.15, 0.2) is 0 Å². The van der Waals surface area contributed by atoms with Gasteiger partial charge in [0.25, 0.3) is 0 Å². The van der Waals surface area contributed by atoms with Crippen LogP contribution in [0.2, 0.25) is 0 Å². The van der Waals surface area contributed by atoms with Gasteiger partial charge in [-0.1, -0.05) is 13.5 Å². The Bertz CT molecular complexity index is 560. The predicted octanol–water partition coefficient (Wildman–Crippen LogP) is 1.48. The molecular weight excluding hydrogens is 312 g/mol. The van der Waals surface area contributed by atoms with Crippen LogP contribution in [0.25, 0.3) is 0 Å². The summed E-state index contributed by atoms with van der Waals surface area (Å²) >= 11 is 0. The summed E-state index contributed by atoms with van der Waals surface area (Å²) < 4.78 is 10.7. The third-order valence-electron chi connectivity index (χ3n) is 6.06. The second-order valence-corrected chi connectivity index (χ2v) is 7.90. The summed E-state index contributed by atoms with van der Waals surface area (Å²) in [6.45, 7) is 5.36. The minimum atomic E-state index is -0.950. The van der Waals surface area contributed by atoms with Gasteiger partial charge < -0.3 is 19.7 Å². The summed E-state index contributed by atoms with van der Waals surface area (Å²) in [5.41, 5.74) is -2.66. The topological polar surface area (TPSA) is 93.1 Å². The maximum absolute atomic E-state index is 12.2. The third-order valence-corrected chi connectivity index (χ3v) is 6.06. The van der Waals surface area contributed by atoms with Gasteiger partial charge in [0, 0.05) is 31.3 Å². The van der Waals surface area contributed by atoms with Crippen molar-refractivity contribution in [1.82, 2.24) is 0 Å². The lowest BCUT2D eigenvalue weighted by molar-refractivity contribution is -0.290. The van der Waals surface area contributed by atoms with Crippen molar-refractivity contribution in [2.24, 2.45) is 11.8 Å². The molecule has 4 aliphatic carbocycles. The number of hydrogen-bond donors (Lipinski definition) is 2. The SMILES string of the molecule is C=CC(=O)OCCCC(=O)OC12CC3CC(O)(CC(O)(C3)C1C)C2. The molecule has 0 aromatic heterocycles. The Morgan fingerprint density at radius 3 is 2.67 bits per heavy atom. The fourth-order valence-electron chi connectivity index (χ4n) is 5.26. The summed E-state index contributed by atoms with van der Waals surface area (Å²) in [6, 6.07) is 0. The number of esters is 2. The van der Waals surface area contributed by atoms with Crippen LogP contribution in [-0.2, 0) is 19.1 Å². The number of ether oxygens (including phenoxy) is 2. The monoisotopic (exact) mass is 338 g/mol. The van der Waals surface area contributed by atoms with Crippen molar-refractivity contribution >= 4 is 11.9 Å². The Morgan fingerprint density at radius 2 is 2.00 bits per heavy atom. The van der Waals surface area contributed by atoms with Crippen molar-refractivity contribution in [1.29, 1.82) is 0 Å². The molecule has 0 aromatic carbocycles. The molecule has 4 saturated carbocycles. The van der Waals surface area contributed by atoms with Crippen molar-refractivity contribution in [3.8, 4) is 0 Å². The molecule has 0 amide bonds. The van der Waals surface area contributed by atoms with Crippen LogP contribution in [-0.4, -0.2) is 45.6 Å². The smallest absolute Gasteiger partial charge is 0.330 e. The van der Waals surface area contributed by atoms with Crippen molar-refractivity contribution in [3.05, 3.63) is 12.7 Å². The van der Waals surface area contributed by atoms with Gasteiger partial charge in [-0.3, -0.25) is 4.79 Å². The zero-order chi connectivity index (χ0) is 17.6. The van der Waals surface area contributed by atoms with Crippen LogP contribution < -0.4 is 0 Å². The first-order valence-corrected chi connectivity index (χ1v) is 8.66. The highest BCUT2D eigenvalue weighted by atomic mass is 16.6. The van der Waals surface area contributed by atoms with Crippen LogP contribution in [0.3, 0.4) is 0 Å². The van der Waals surface area contributed by atoms with E-state index in [0.717, 1.165) is 6.08 Å². The molecule has 0 heterocycles. The van der Waals surface area contributed by atoms with Crippen LogP contribution in [0, 0.1) is 11.8 Å². The lowest BCUT2D eigenvalue weighted by atomic mass is 9.46. The maximum Gasteiger partial charge on any atom is 0.330 e. The molecule has 0 aliphatic heterocycles. The lowest BCUT2D eigenvalue weighted by Crippen LogP contribution is -2.71. The van der Waals surface area contributed by atoms with E-state index in [1.54, 1.807) is 0 Å². The van der Waals surface area contributed by atoms with Crippen LogP contribution in [0.15, 0.2) is 12.7 Å². The van der Waals surface area contributed by atoms with Gasteiger partial charge in [0.1, 0.15) is 5.60 Å². The Kier molecular flexibility index (Phi) is 4.24. The van der Waals surface area contributed by atoms with Gasteiger partial charge in [-0.15, -0.1) is 0 Å². The molecule has 4 aliphatic rings. The van der Waals surface area contributed by atoms with Gasteiger partial charge in [0.2, 0.25) is 0 Å². The average Bonchev–Trinajstić information content (AvgIpc) is 2.46. The van der Waals surface area contributed by atoms with Gasteiger partial charge in [-0.25, -0.2) is 4.79 Å². The maximum atomic E-state index is 12.2. The molecule has 2 N–H and O–H groups in total. The molecular formula is C18H26O6. The van der Waals surface area contributed by atoms with E-state index >= 15 is 0 Å². The Labute approximate surface area is 141 Å². The normalized spacial score (nSPS) is 42.6. The molecule has 0 radical (unpaired) electrons. The summed E-state index contributed by atoms with van der Waals surface area (Å²) in [6.07, 6.45) is 4.42. The van der Waals surface area contributed by atoms with Gasteiger partial charge in [0.05, 0.1) is 17.8 Å². The fraction of sp³-hybridized carbons (Fsp3) is 0.778. The Morgan fingerprint density at radius 1 is 1.25 bits per heavy atom. The first-order chi connectivity index (χ1) is 11.2. The highest BCUT2D eigenvalue weighted by molar-refractivity contribution is 5.81. The zero-order valence-corrected chi connectivity index (χ0v) is 14.1.